The fourth-order valence-electron chi connectivity index (χ4n) is 7.70. The maximum atomic E-state index is 14.8. The Hall–Kier alpha value is -4.33. The third-order valence-electron chi connectivity index (χ3n) is 9.40. The summed E-state index contributed by atoms with van der Waals surface area (Å²) in [5.41, 5.74) is 0.0934. The van der Waals surface area contributed by atoms with E-state index in [4.69, 9.17) is 0 Å². The van der Waals surface area contributed by atoms with Crippen LogP contribution in [0, 0.1) is 17.7 Å². The number of amides is 5. The summed E-state index contributed by atoms with van der Waals surface area (Å²) in [6, 6.07) is 22.0. The Labute approximate surface area is 237 Å². The highest BCUT2D eigenvalue weighted by Crippen LogP contribution is 2.60. The Kier molecular flexibility index (Phi) is 6.03. The minimum Gasteiger partial charge on any atom is -0.300 e. The van der Waals surface area contributed by atoms with Crippen LogP contribution in [0.5, 0.6) is 0 Å². The quantitative estimate of drug-likeness (QED) is 0.320. The first-order valence-corrected chi connectivity index (χ1v) is 14.3. The number of imide groups is 2. The van der Waals surface area contributed by atoms with Gasteiger partial charge in [0.1, 0.15) is 11.4 Å². The summed E-state index contributed by atoms with van der Waals surface area (Å²) in [6.45, 7) is 0. The van der Waals surface area contributed by atoms with Crippen LogP contribution in [0.1, 0.15) is 49.3 Å². The number of hydrogen-bond donors (Lipinski definition) is 0. The minimum atomic E-state index is -1.62. The Morgan fingerprint density at radius 3 is 2.05 bits per heavy atom. The number of fused-ring (bicyclic) bond motifs is 3. The van der Waals surface area contributed by atoms with Crippen LogP contribution in [0.25, 0.3) is 0 Å². The van der Waals surface area contributed by atoms with Crippen LogP contribution < -0.4 is 4.90 Å². The first-order chi connectivity index (χ1) is 19.9. The molecular formula is C33H30FN3O4. The number of halogens is 1. The molecule has 208 valence electrons. The first-order valence-electron chi connectivity index (χ1n) is 14.3. The van der Waals surface area contributed by atoms with E-state index in [0.717, 1.165) is 42.6 Å². The van der Waals surface area contributed by atoms with Crippen LogP contribution in [0.15, 0.2) is 84.9 Å². The van der Waals surface area contributed by atoms with Gasteiger partial charge in [0.15, 0.2) is 0 Å². The number of carbonyl (C=O) groups is 4. The zero-order valence-electron chi connectivity index (χ0n) is 22.5. The van der Waals surface area contributed by atoms with Gasteiger partial charge in [0.2, 0.25) is 11.8 Å². The zero-order valence-corrected chi connectivity index (χ0v) is 22.5. The molecule has 5 amide bonds. The molecule has 3 aliphatic heterocycles. The van der Waals surface area contributed by atoms with Crippen molar-refractivity contribution in [3.63, 3.8) is 0 Å². The molecule has 3 aromatic carbocycles. The molecular weight excluding hydrogens is 521 g/mol. The van der Waals surface area contributed by atoms with Crippen molar-refractivity contribution in [3.8, 4) is 0 Å². The standard InChI is InChI=1S/C33H30FN3O4/c34-23-18-16-22(17-19-23)28-26-27(30(39)35(29(26)38)24-12-6-2-7-13-24)33(20-21-10-4-1-5-11-21)31(40)36(32(41)37(28)33)25-14-8-3-9-15-25/h1,3-5,8-11,14-19,24,26-28H,2,6-7,12-13,20H2/t26?,27?,28?,33-/m1/s1. The second-order valence-corrected chi connectivity index (χ2v) is 11.6. The maximum Gasteiger partial charge on any atom is 0.332 e. The van der Waals surface area contributed by atoms with Gasteiger partial charge in [-0.25, -0.2) is 14.1 Å². The molecule has 4 fully saturated rings. The Bertz CT molecular complexity index is 1520. The number of para-hydroxylation sites is 1. The lowest BCUT2D eigenvalue weighted by atomic mass is 9.75. The molecule has 3 unspecified atom stereocenters. The molecule has 0 spiro atoms. The van der Waals surface area contributed by atoms with E-state index >= 15 is 0 Å². The van der Waals surface area contributed by atoms with Crippen molar-refractivity contribution < 1.29 is 23.6 Å². The molecule has 4 aliphatic rings. The predicted molar refractivity (Wildman–Crippen MR) is 149 cm³/mol. The van der Waals surface area contributed by atoms with Gasteiger partial charge in [-0.3, -0.25) is 19.3 Å². The fourth-order valence-corrected chi connectivity index (χ4v) is 7.70. The van der Waals surface area contributed by atoms with Crippen molar-refractivity contribution in [3.05, 3.63) is 102 Å². The highest BCUT2D eigenvalue weighted by molar-refractivity contribution is 6.27. The number of rotatable bonds is 5. The van der Waals surface area contributed by atoms with Gasteiger partial charge in [0.25, 0.3) is 5.91 Å². The molecule has 0 bridgehead atoms. The third-order valence-corrected chi connectivity index (χ3v) is 9.40. The summed E-state index contributed by atoms with van der Waals surface area (Å²) in [5.74, 6) is -3.68. The van der Waals surface area contributed by atoms with Crippen molar-refractivity contribution in [1.82, 2.24) is 9.80 Å². The van der Waals surface area contributed by atoms with Gasteiger partial charge >= 0.3 is 6.03 Å². The van der Waals surface area contributed by atoms with E-state index in [0.29, 0.717) is 11.3 Å². The fraction of sp³-hybridized carbons (Fsp3) is 0.333. The van der Waals surface area contributed by atoms with Crippen molar-refractivity contribution >= 4 is 29.4 Å². The number of nitrogens with zero attached hydrogens (tertiary/aromatic N) is 3. The summed E-state index contributed by atoms with van der Waals surface area (Å²) < 4.78 is 14.1. The zero-order chi connectivity index (χ0) is 28.3. The van der Waals surface area contributed by atoms with E-state index in [9.17, 15) is 23.6 Å². The second kappa shape index (κ2) is 9.65. The molecule has 3 aromatic rings. The summed E-state index contributed by atoms with van der Waals surface area (Å²) in [6.07, 6.45) is 4.46. The molecule has 8 heteroatoms. The van der Waals surface area contributed by atoms with Crippen LogP contribution in [0.4, 0.5) is 14.9 Å². The number of carbonyl (C=O) groups excluding carboxylic acids is 4. The minimum absolute atomic E-state index is 0.0815. The SMILES string of the molecule is O=C1C2C(c3ccc(F)cc3)N3C(=O)N(c4ccccc4)C(=O)[C@@]3(Cc3ccccc3)C2C(=O)N1C1CCCCC1. The van der Waals surface area contributed by atoms with Gasteiger partial charge in [-0.15, -0.1) is 0 Å². The Morgan fingerprint density at radius 1 is 0.756 bits per heavy atom. The summed E-state index contributed by atoms with van der Waals surface area (Å²) in [7, 11) is 0. The van der Waals surface area contributed by atoms with E-state index in [2.05, 4.69) is 0 Å². The van der Waals surface area contributed by atoms with Crippen LogP contribution in [-0.4, -0.2) is 45.1 Å². The van der Waals surface area contributed by atoms with Gasteiger partial charge in [0.05, 0.1) is 23.6 Å². The number of likely N-dealkylation sites (tertiary alicyclic amines) is 1. The number of anilines is 1. The molecule has 0 aromatic heterocycles. The average molecular weight is 552 g/mol. The maximum absolute atomic E-state index is 14.8. The van der Waals surface area contributed by atoms with Gasteiger partial charge in [-0.2, -0.15) is 0 Å². The molecule has 7 nitrogen and oxygen atoms in total. The lowest BCUT2D eigenvalue weighted by molar-refractivity contribution is -0.147. The van der Waals surface area contributed by atoms with Gasteiger partial charge in [-0.05, 0) is 48.2 Å². The van der Waals surface area contributed by atoms with E-state index in [-0.39, 0.29) is 24.3 Å². The highest BCUT2D eigenvalue weighted by Gasteiger charge is 2.77. The van der Waals surface area contributed by atoms with Crippen LogP contribution in [0.2, 0.25) is 0 Å². The number of benzene rings is 3. The Morgan fingerprint density at radius 2 is 1.39 bits per heavy atom. The van der Waals surface area contributed by atoms with Gasteiger partial charge < -0.3 is 4.90 Å². The molecule has 4 atom stereocenters. The highest BCUT2D eigenvalue weighted by atomic mass is 19.1. The smallest absolute Gasteiger partial charge is 0.300 e. The molecule has 0 radical (unpaired) electrons. The second-order valence-electron chi connectivity index (χ2n) is 11.6. The summed E-state index contributed by atoms with van der Waals surface area (Å²) >= 11 is 0. The lowest BCUT2D eigenvalue weighted by Crippen LogP contribution is -2.56. The van der Waals surface area contributed by atoms with Crippen molar-refractivity contribution in [2.75, 3.05) is 4.90 Å². The van der Waals surface area contributed by atoms with E-state index in [1.807, 2.05) is 30.3 Å². The van der Waals surface area contributed by atoms with Crippen molar-refractivity contribution in [2.45, 2.75) is 56.1 Å². The van der Waals surface area contributed by atoms with E-state index in [1.165, 1.54) is 21.9 Å². The Balaban J connectivity index is 1.45. The summed E-state index contributed by atoms with van der Waals surface area (Å²) in [5, 5.41) is 0. The van der Waals surface area contributed by atoms with Crippen molar-refractivity contribution in [2.24, 2.45) is 11.8 Å². The van der Waals surface area contributed by atoms with Crippen LogP contribution in [-0.2, 0) is 20.8 Å². The molecule has 41 heavy (non-hydrogen) atoms. The normalized spacial score (nSPS) is 28.0. The first kappa shape index (κ1) is 25.6. The number of hydrogen-bond acceptors (Lipinski definition) is 4. The molecule has 7 rings (SSSR count). The topological polar surface area (TPSA) is 78.0 Å². The molecule has 1 aliphatic carbocycles. The van der Waals surface area contributed by atoms with Crippen LogP contribution in [0.3, 0.4) is 0 Å². The molecule has 3 heterocycles. The van der Waals surface area contributed by atoms with Gasteiger partial charge in [-0.1, -0.05) is 79.9 Å². The monoisotopic (exact) mass is 551 g/mol. The molecule has 1 saturated carbocycles. The summed E-state index contributed by atoms with van der Waals surface area (Å²) in [4.78, 5) is 62.0. The van der Waals surface area contributed by atoms with E-state index < -0.39 is 41.2 Å². The molecule has 0 N–H and O–H groups in total. The number of urea groups is 1. The largest absolute Gasteiger partial charge is 0.332 e. The average Bonchev–Trinajstić information content (AvgIpc) is 3.52. The molecule has 3 saturated heterocycles. The third kappa shape index (κ3) is 3.69. The lowest BCUT2D eigenvalue weighted by Gasteiger charge is -2.37. The van der Waals surface area contributed by atoms with Gasteiger partial charge in [0, 0.05) is 12.5 Å². The van der Waals surface area contributed by atoms with Crippen LogP contribution >= 0.6 is 0 Å². The predicted octanol–water partition coefficient (Wildman–Crippen LogP) is 5.26. The van der Waals surface area contributed by atoms with E-state index in [1.54, 1.807) is 42.5 Å². The van der Waals surface area contributed by atoms with Crippen molar-refractivity contribution in [1.29, 1.82) is 0 Å².